The summed E-state index contributed by atoms with van der Waals surface area (Å²) in [6, 6.07) is 12.7. The van der Waals surface area contributed by atoms with Crippen molar-refractivity contribution in [3.05, 3.63) is 53.6 Å². The Morgan fingerprint density at radius 3 is 2.10 bits per heavy atom. The highest BCUT2D eigenvalue weighted by Gasteiger charge is 2.07. The van der Waals surface area contributed by atoms with Crippen molar-refractivity contribution in [3.63, 3.8) is 0 Å². The standard InChI is InChI=1S/C17H16O4/c1-11-10-15(8-9-16(11)21-12(2)18)13-4-6-14(7-5-13)17(19)20-3/h4-10H,1-3H3. The summed E-state index contributed by atoms with van der Waals surface area (Å²) < 4.78 is 9.77. The SMILES string of the molecule is COC(=O)c1ccc(-c2ccc(OC(C)=O)c(C)c2)cc1. The fourth-order valence-corrected chi connectivity index (χ4v) is 2.01. The van der Waals surface area contributed by atoms with Gasteiger partial charge in [0.2, 0.25) is 0 Å². The highest BCUT2D eigenvalue weighted by Crippen LogP contribution is 2.26. The van der Waals surface area contributed by atoms with Crippen molar-refractivity contribution in [2.24, 2.45) is 0 Å². The lowest BCUT2D eigenvalue weighted by atomic mass is 10.0. The molecule has 0 heterocycles. The van der Waals surface area contributed by atoms with E-state index in [0.29, 0.717) is 11.3 Å². The van der Waals surface area contributed by atoms with E-state index in [4.69, 9.17) is 4.74 Å². The van der Waals surface area contributed by atoms with Crippen LogP contribution in [0.3, 0.4) is 0 Å². The normalized spacial score (nSPS) is 10.0. The van der Waals surface area contributed by atoms with Crippen LogP contribution in [0, 0.1) is 6.92 Å². The van der Waals surface area contributed by atoms with E-state index in [0.717, 1.165) is 16.7 Å². The molecule has 0 aromatic heterocycles. The number of rotatable bonds is 3. The molecule has 2 rings (SSSR count). The molecule has 4 heteroatoms. The van der Waals surface area contributed by atoms with E-state index in [-0.39, 0.29) is 11.9 Å². The molecule has 0 bridgehead atoms. The minimum Gasteiger partial charge on any atom is -0.465 e. The van der Waals surface area contributed by atoms with Crippen LogP contribution < -0.4 is 4.74 Å². The third kappa shape index (κ3) is 3.48. The summed E-state index contributed by atoms with van der Waals surface area (Å²) in [5.74, 6) is -0.145. The number of hydrogen-bond donors (Lipinski definition) is 0. The maximum absolute atomic E-state index is 11.4. The predicted octanol–water partition coefficient (Wildman–Crippen LogP) is 3.37. The zero-order chi connectivity index (χ0) is 15.4. The van der Waals surface area contributed by atoms with Crippen LogP contribution in [0.15, 0.2) is 42.5 Å². The third-order valence-corrected chi connectivity index (χ3v) is 3.07. The lowest BCUT2D eigenvalue weighted by molar-refractivity contribution is -0.131. The molecule has 0 aliphatic rings. The number of hydrogen-bond acceptors (Lipinski definition) is 4. The molecule has 2 aromatic rings. The Morgan fingerprint density at radius 2 is 1.57 bits per heavy atom. The van der Waals surface area contributed by atoms with E-state index in [9.17, 15) is 9.59 Å². The fraction of sp³-hybridized carbons (Fsp3) is 0.176. The molecule has 0 saturated carbocycles. The van der Waals surface area contributed by atoms with Gasteiger partial charge in [0.15, 0.2) is 0 Å². The number of methoxy groups -OCH3 is 1. The quantitative estimate of drug-likeness (QED) is 0.640. The zero-order valence-corrected chi connectivity index (χ0v) is 12.2. The first-order valence-corrected chi connectivity index (χ1v) is 6.49. The molecule has 0 amide bonds. The van der Waals surface area contributed by atoms with Crippen LogP contribution in [0.25, 0.3) is 11.1 Å². The lowest BCUT2D eigenvalue weighted by Gasteiger charge is -2.08. The minimum absolute atomic E-state index is 0.340. The molecule has 4 nitrogen and oxygen atoms in total. The van der Waals surface area contributed by atoms with Crippen LogP contribution in [0.4, 0.5) is 0 Å². The second kappa shape index (κ2) is 6.22. The van der Waals surface area contributed by atoms with Gasteiger partial charge in [-0.3, -0.25) is 4.79 Å². The maximum atomic E-state index is 11.4. The Balaban J connectivity index is 2.28. The fourth-order valence-electron chi connectivity index (χ4n) is 2.01. The smallest absolute Gasteiger partial charge is 0.337 e. The molecule has 0 spiro atoms. The van der Waals surface area contributed by atoms with Crippen LogP contribution in [-0.2, 0) is 9.53 Å². The maximum Gasteiger partial charge on any atom is 0.337 e. The number of carbonyl (C=O) groups is 2. The molecule has 0 aliphatic carbocycles. The van der Waals surface area contributed by atoms with E-state index >= 15 is 0 Å². The Bertz CT molecular complexity index is 672. The summed E-state index contributed by atoms with van der Waals surface area (Å²) in [6.07, 6.45) is 0. The van der Waals surface area contributed by atoms with Gasteiger partial charge >= 0.3 is 11.9 Å². The van der Waals surface area contributed by atoms with Gasteiger partial charge in [-0.2, -0.15) is 0 Å². The van der Waals surface area contributed by atoms with Gasteiger partial charge in [-0.05, 0) is 47.9 Å². The second-order valence-corrected chi connectivity index (χ2v) is 4.64. The van der Waals surface area contributed by atoms with Gasteiger partial charge in [-0.1, -0.05) is 18.2 Å². The van der Waals surface area contributed by atoms with E-state index < -0.39 is 0 Å². The van der Waals surface area contributed by atoms with E-state index in [1.165, 1.54) is 14.0 Å². The Hall–Kier alpha value is -2.62. The molecular weight excluding hydrogens is 268 g/mol. The first-order valence-electron chi connectivity index (χ1n) is 6.49. The number of aryl methyl sites for hydroxylation is 1. The van der Waals surface area contributed by atoms with Gasteiger partial charge < -0.3 is 9.47 Å². The number of carbonyl (C=O) groups excluding carboxylic acids is 2. The molecule has 0 N–H and O–H groups in total. The van der Waals surface area contributed by atoms with Gasteiger partial charge in [-0.15, -0.1) is 0 Å². The van der Waals surface area contributed by atoms with Crippen molar-refractivity contribution in [1.82, 2.24) is 0 Å². The number of benzene rings is 2. The molecule has 0 radical (unpaired) electrons. The van der Waals surface area contributed by atoms with Crippen LogP contribution >= 0.6 is 0 Å². The monoisotopic (exact) mass is 284 g/mol. The second-order valence-electron chi connectivity index (χ2n) is 4.64. The highest BCUT2D eigenvalue weighted by molar-refractivity contribution is 5.90. The summed E-state index contributed by atoms with van der Waals surface area (Å²) >= 11 is 0. The molecule has 0 unspecified atom stereocenters. The summed E-state index contributed by atoms with van der Waals surface area (Å²) in [6.45, 7) is 3.25. The number of esters is 2. The van der Waals surface area contributed by atoms with Crippen molar-refractivity contribution in [2.75, 3.05) is 7.11 Å². The van der Waals surface area contributed by atoms with Gasteiger partial charge in [0.05, 0.1) is 12.7 Å². The molecular formula is C17H16O4. The van der Waals surface area contributed by atoms with Gasteiger partial charge in [0.1, 0.15) is 5.75 Å². The highest BCUT2D eigenvalue weighted by atomic mass is 16.5. The van der Waals surface area contributed by atoms with E-state index in [1.807, 2.05) is 31.2 Å². The predicted molar refractivity (Wildman–Crippen MR) is 79.3 cm³/mol. The van der Waals surface area contributed by atoms with E-state index in [2.05, 4.69) is 4.74 Å². The van der Waals surface area contributed by atoms with Crippen molar-refractivity contribution in [2.45, 2.75) is 13.8 Å². The minimum atomic E-state index is -0.358. The van der Waals surface area contributed by atoms with Crippen molar-refractivity contribution in [3.8, 4) is 16.9 Å². The summed E-state index contributed by atoms with van der Waals surface area (Å²) in [4.78, 5) is 22.4. The molecule has 0 atom stereocenters. The van der Waals surface area contributed by atoms with Crippen molar-refractivity contribution >= 4 is 11.9 Å². The number of ether oxygens (including phenoxy) is 2. The Labute approximate surface area is 123 Å². The van der Waals surface area contributed by atoms with Gasteiger partial charge in [0, 0.05) is 6.92 Å². The summed E-state index contributed by atoms with van der Waals surface area (Å²) in [7, 11) is 1.35. The Kier molecular flexibility index (Phi) is 4.38. The topological polar surface area (TPSA) is 52.6 Å². The zero-order valence-electron chi connectivity index (χ0n) is 12.2. The van der Waals surface area contributed by atoms with Crippen LogP contribution in [0.1, 0.15) is 22.8 Å². The van der Waals surface area contributed by atoms with Crippen LogP contribution in [0.2, 0.25) is 0 Å². The van der Waals surface area contributed by atoms with E-state index in [1.54, 1.807) is 18.2 Å². The molecule has 0 fully saturated rings. The van der Waals surface area contributed by atoms with Crippen molar-refractivity contribution < 1.29 is 19.1 Å². The van der Waals surface area contributed by atoms with Gasteiger partial charge in [0.25, 0.3) is 0 Å². The third-order valence-electron chi connectivity index (χ3n) is 3.07. The molecule has 0 saturated heterocycles. The van der Waals surface area contributed by atoms with Crippen molar-refractivity contribution in [1.29, 1.82) is 0 Å². The molecule has 2 aromatic carbocycles. The largest absolute Gasteiger partial charge is 0.465 e. The lowest BCUT2D eigenvalue weighted by Crippen LogP contribution is -2.02. The van der Waals surface area contributed by atoms with Gasteiger partial charge in [-0.25, -0.2) is 4.79 Å². The Morgan fingerprint density at radius 1 is 0.952 bits per heavy atom. The average molecular weight is 284 g/mol. The first-order chi connectivity index (χ1) is 10.0. The molecule has 21 heavy (non-hydrogen) atoms. The van der Waals surface area contributed by atoms with Crippen LogP contribution in [-0.4, -0.2) is 19.0 Å². The summed E-state index contributed by atoms with van der Waals surface area (Å²) in [5, 5.41) is 0. The first kappa shape index (κ1) is 14.8. The molecule has 0 aliphatic heterocycles. The average Bonchev–Trinajstić information content (AvgIpc) is 2.48. The summed E-state index contributed by atoms with van der Waals surface area (Å²) in [5.41, 5.74) is 3.34. The molecule has 108 valence electrons. The van der Waals surface area contributed by atoms with Crippen LogP contribution in [0.5, 0.6) is 5.75 Å².